The summed E-state index contributed by atoms with van der Waals surface area (Å²) in [4.78, 5) is 11.9. The molecule has 0 saturated heterocycles. The molecule has 0 radical (unpaired) electrons. The van der Waals surface area contributed by atoms with Gasteiger partial charge < -0.3 is 14.2 Å². The number of methoxy groups -OCH3 is 3. The van der Waals surface area contributed by atoms with Crippen LogP contribution >= 0.6 is 0 Å². The molecule has 0 saturated carbocycles. The first kappa shape index (κ1) is 15.3. The molecule has 0 amide bonds. The predicted octanol–water partition coefficient (Wildman–Crippen LogP) is 2.99. The summed E-state index contributed by atoms with van der Waals surface area (Å²) in [5, 5.41) is 0. The highest BCUT2D eigenvalue weighted by molar-refractivity contribution is 5.80. The van der Waals surface area contributed by atoms with Crippen LogP contribution in [-0.2, 0) is 9.53 Å². The largest absolute Gasteiger partial charge is 0.496 e. The summed E-state index contributed by atoms with van der Waals surface area (Å²) < 4.78 is 15.7. The minimum atomic E-state index is -0.340. The summed E-state index contributed by atoms with van der Waals surface area (Å²) in [7, 11) is 4.63. The smallest absolute Gasteiger partial charge is 0.313 e. The normalized spacial score (nSPS) is 11.9. The highest BCUT2D eigenvalue weighted by Gasteiger charge is 2.26. The molecule has 0 aliphatic carbocycles. The maximum Gasteiger partial charge on any atom is 0.313 e. The fourth-order valence-corrected chi connectivity index (χ4v) is 2.28. The second kappa shape index (κ2) is 6.45. The number of carbonyl (C=O) groups is 1. The zero-order valence-corrected chi connectivity index (χ0v) is 12.5. The van der Waals surface area contributed by atoms with Crippen LogP contribution in [0.4, 0.5) is 0 Å². The topological polar surface area (TPSA) is 44.8 Å². The van der Waals surface area contributed by atoms with Gasteiger partial charge in [-0.15, -0.1) is 0 Å². The predicted molar refractivity (Wildman–Crippen MR) is 74.1 cm³/mol. The van der Waals surface area contributed by atoms with Gasteiger partial charge in [0.15, 0.2) is 0 Å². The molecular formula is C15H22O4. The lowest BCUT2D eigenvalue weighted by Gasteiger charge is -2.21. The number of hydrogen-bond donors (Lipinski definition) is 0. The number of esters is 1. The van der Waals surface area contributed by atoms with Gasteiger partial charge in [-0.05, 0) is 37.5 Å². The van der Waals surface area contributed by atoms with Crippen LogP contribution in [0.2, 0.25) is 0 Å². The van der Waals surface area contributed by atoms with Crippen LogP contribution in [0.1, 0.15) is 36.0 Å². The molecule has 0 spiro atoms. The van der Waals surface area contributed by atoms with Crippen molar-refractivity contribution in [3.63, 3.8) is 0 Å². The third kappa shape index (κ3) is 2.83. The van der Waals surface area contributed by atoms with Gasteiger partial charge in [0.1, 0.15) is 11.5 Å². The molecule has 1 unspecified atom stereocenters. The molecule has 4 heteroatoms. The zero-order chi connectivity index (χ0) is 14.6. The molecule has 106 valence electrons. The standard InChI is InChI=1S/C15H22O4/c1-7-11(15(16)19-6)12-8-13(17-4)9(2)10(3)14(12)18-5/h8,11H,7H2,1-6H3. The Morgan fingerprint density at radius 1 is 1.16 bits per heavy atom. The van der Waals surface area contributed by atoms with Crippen LogP contribution < -0.4 is 9.47 Å². The third-order valence-corrected chi connectivity index (χ3v) is 3.51. The molecule has 4 nitrogen and oxygen atoms in total. The molecule has 0 aliphatic rings. The quantitative estimate of drug-likeness (QED) is 0.769. The van der Waals surface area contributed by atoms with Gasteiger partial charge in [0.25, 0.3) is 0 Å². The molecule has 0 heterocycles. The van der Waals surface area contributed by atoms with Crippen molar-refractivity contribution in [3.05, 3.63) is 22.8 Å². The van der Waals surface area contributed by atoms with Crippen LogP contribution in [0.15, 0.2) is 6.07 Å². The van der Waals surface area contributed by atoms with Crippen molar-refractivity contribution in [2.45, 2.75) is 33.1 Å². The summed E-state index contributed by atoms with van der Waals surface area (Å²) in [6.45, 7) is 5.88. The second-order valence-corrected chi connectivity index (χ2v) is 4.44. The van der Waals surface area contributed by atoms with Crippen LogP contribution in [0.5, 0.6) is 11.5 Å². The molecular weight excluding hydrogens is 244 g/mol. The Kier molecular flexibility index (Phi) is 5.21. The lowest BCUT2D eigenvalue weighted by molar-refractivity contribution is -0.142. The van der Waals surface area contributed by atoms with Crippen molar-refractivity contribution >= 4 is 5.97 Å². The van der Waals surface area contributed by atoms with Crippen molar-refractivity contribution in [2.75, 3.05) is 21.3 Å². The molecule has 0 fully saturated rings. The highest BCUT2D eigenvalue weighted by Crippen LogP contribution is 2.38. The molecule has 1 aromatic carbocycles. The Bertz CT molecular complexity index is 466. The Labute approximate surface area is 114 Å². The van der Waals surface area contributed by atoms with E-state index in [4.69, 9.17) is 14.2 Å². The minimum absolute atomic E-state index is 0.258. The summed E-state index contributed by atoms with van der Waals surface area (Å²) in [6.07, 6.45) is 0.648. The van der Waals surface area contributed by atoms with E-state index in [9.17, 15) is 4.79 Å². The van der Waals surface area contributed by atoms with E-state index in [1.165, 1.54) is 7.11 Å². The zero-order valence-electron chi connectivity index (χ0n) is 12.5. The number of hydrogen-bond acceptors (Lipinski definition) is 4. The molecule has 19 heavy (non-hydrogen) atoms. The van der Waals surface area contributed by atoms with Crippen molar-refractivity contribution in [2.24, 2.45) is 0 Å². The van der Waals surface area contributed by atoms with Gasteiger partial charge in [-0.1, -0.05) is 6.92 Å². The lowest BCUT2D eigenvalue weighted by atomic mass is 9.91. The Morgan fingerprint density at radius 3 is 2.21 bits per heavy atom. The molecule has 0 aliphatic heterocycles. The van der Waals surface area contributed by atoms with Gasteiger partial charge >= 0.3 is 5.97 Å². The van der Waals surface area contributed by atoms with E-state index in [1.807, 2.05) is 26.8 Å². The first-order valence-electron chi connectivity index (χ1n) is 6.31. The maximum atomic E-state index is 11.9. The second-order valence-electron chi connectivity index (χ2n) is 4.44. The summed E-state index contributed by atoms with van der Waals surface area (Å²) in [5.41, 5.74) is 2.82. The summed E-state index contributed by atoms with van der Waals surface area (Å²) in [5.74, 6) is 0.894. The van der Waals surface area contributed by atoms with E-state index in [-0.39, 0.29) is 11.9 Å². The molecule has 0 aromatic heterocycles. The number of carbonyl (C=O) groups excluding carboxylic acids is 1. The van der Waals surface area contributed by atoms with E-state index in [0.29, 0.717) is 6.42 Å². The van der Waals surface area contributed by atoms with Gasteiger partial charge in [-0.3, -0.25) is 4.79 Å². The number of ether oxygens (including phenoxy) is 3. The fraction of sp³-hybridized carbons (Fsp3) is 0.533. The number of benzene rings is 1. The van der Waals surface area contributed by atoms with Gasteiger partial charge in [-0.2, -0.15) is 0 Å². The Balaban J connectivity index is 3.47. The van der Waals surface area contributed by atoms with Gasteiger partial charge in [-0.25, -0.2) is 0 Å². The van der Waals surface area contributed by atoms with Gasteiger partial charge in [0.2, 0.25) is 0 Å². The lowest BCUT2D eigenvalue weighted by Crippen LogP contribution is -2.15. The molecule has 0 N–H and O–H groups in total. The van der Waals surface area contributed by atoms with E-state index in [1.54, 1.807) is 14.2 Å². The minimum Gasteiger partial charge on any atom is -0.496 e. The first-order valence-corrected chi connectivity index (χ1v) is 6.31. The molecule has 1 atom stereocenters. The summed E-state index contributed by atoms with van der Waals surface area (Å²) >= 11 is 0. The number of rotatable bonds is 5. The monoisotopic (exact) mass is 266 g/mol. The van der Waals surface area contributed by atoms with Crippen molar-refractivity contribution in [1.82, 2.24) is 0 Å². The highest BCUT2D eigenvalue weighted by atomic mass is 16.5. The molecule has 1 rings (SSSR count). The third-order valence-electron chi connectivity index (χ3n) is 3.51. The Hall–Kier alpha value is -1.71. The van der Waals surface area contributed by atoms with Crippen molar-refractivity contribution < 1.29 is 19.0 Å². The fourth-order valence-electron chi connectivity index (χ4n) is 2.28. The van der Waals surface area contributed by atoms with E-state index >= 15 is 0 Å². The maximum absolute atomic E-state index is 11.9. The summed E-state index contributed by atoms with van der Waals surface area (Å²) in [6, 6.07) is 1.87. The first-order chi connectivity index (χ1) is 9.01. The van der Waals surface area contributed by atoms with Crippen LogP contribution in [-0.4, -0.2) is 27.3 Å². The average molecular weight is 266 g/mol. The van der Waals surface area contributed by atoms with E-state index < -0.39 is 0 Å². The molecule has 1 aromatic rings. The van der Waals surface area contributed by atoms with Crippen molar-refractivity contribution in [1.29, 1.82) is 0 Å². The van der Waals surface area contributed by atoms with E-state index in [0.717, 1.165) is 28.2 Å². The van der Waals surface area contributed by atoms with Crippen molar-refractivity contribution in [3.8, 4) is 11.5 Å². The Morgan fingerprint density at radius 2 is 1.79 bits per heavy atom. The average Bonchev–Trinajstić information content (AvgIpc) is 2.43. The van der Waals surface area contributed by atoms with Crippen LogP contribution in [0.3, 0.4) is 0 Å². The molecule has 0 bridgehead atoms. The van der Waals surface area contributed by atoms with Crippen LogP contribution in [0, 0.1) is 13.8 Å². The SMILES string of the molecule is CCC(C(=O)OC)c1cc(OC)c(C)c(C)c1OC. The van der Waals surface area contributed by atoms with Gasteiger partial charge in [0.05, 0.1) is 27.2 Å². The van der Waals surface area contributed by atoms with Gasteiger partial charge in [0, 0.05) is 5.56 Å². The van der Waals surface area contributed by atoms with Crippen LogP contribution in [0.25, 0.3) is 0 Å². The van der Waals surface area contributed by atoms with E-state index in [2.05, 4.69) is 0 Å².